The van der Waals surface area contributed by atoms with Crippen molar-refractivity contribution < 1.29 is 9.13 Å². The quantitative estimate of drug-likeness (QED) is 0.784. The van der Waals surface area contributed by atoms with Crippen molar-refractivity contribution in [3.63, 3.8) is 0 Å². The van der Waals surface area contributed by atoms with E-state index >= 15 is 0 Å². The Balaban J connectivity index is 2.07. The molecule has 0 radical (unpaired) electrons. The minimum absolute atomic E-state index is 0.0701. The highest BCUT2D eigenvalue weighted by molar-refractivity contribution is 5.24. The molecule has 3 heteroatoms. The maximum atomic E-state index is 13.9. The highest BCUT2D eigenvalue weighted by Crippen LogP contribution is 2.17. The van der Waals surface area contributed by atoms with Gasteiger partial charge in [-0.15, -0.1) is 0 Å². The summed E-state index contributed by atoms with van der Waals surface area (Å²) in [4.78, 5) is 2.26. The summed E-state index contributed by atoms with van der Waals surface area (Å²) in [6.45, 7) is 8.36. The number of morpholine rings is 1. The zero-order valence-corrected chi connectivity index (χ0v) is 10.7. The SMILES string of the molecule is Cc1cccc(CN2CC(C)OC(C)C2)c1F. The summed E-state index contributed by atoms with van der Waals surface area (Å²) in [5, 5.41) is 0. The van der Waals surface area contributed by atoms with E-state index in [4.69, 9.17) is 4.74 Å². The van der Waals surface area contributed by atoms with Crippen molar-refractivity contribution in [2.24, 2.45) is 0 Å². The van der Waals surface area contributed by atoms with Crippen LogP contribution in [0, 0.1) is 12.7 Å². The smallest absolute Gasteiger partial charge is 0.130 e. The number of benzene rings is 1. The number of halogens is 1. The van der Waals surface area contributed by atoms with E-state index in [2.05, 4.69) is 18.7 Å². The van der Waals surface area contributed by atoms with Gasteiger partial charge in [0.05, 0.1) is 12.2 Å². The minimum atomic E-state index is -0.0701. The molecule has 0 aliphatic carbocycles. The van der Waals surface area contributed by atoms with Crippen LogP contribution in [0.15, 0.2) is 18.2 Å². The largest absolute Gasteiger partial charge is 0.373 e. The van der Waals surface area contributed by atoms with Crippen molar-refractivity contribution in [3.05, 3.63) is 35.1 Å². The van der Waals surface area contributed by atoms with Crippen molar-refractivity contribution in [1.82, 2.24) is 4.90 Å². The molecule has 2 nitrogen and oxygen atoms in total. The van der Waals surface area contributed by atoms with Crippen molar-refractivity contribution in [1.29, 1.82) is 0 Å². The Morgan fingerprint density at radius 3 is 2.59 bits per heavy atom. The number of hydrogen-bond acceptors (Lipinski definition) is 2. The molecule has 1 aromatic rings. The summed E-state index contributed by atoms with van der Waals surface area (Å²) in [7, 11) is 0. The van der Waals surface area contributed by atoms with Gasteiger partial charge in [0.25, 0.3) is 0 Å². The first-order chi connectivity index (χ1) is 8.06. The third-order valence-electron chi connectivity index (χ3n) is 3.16. The molecule has 1 aliphatic rings. The third kappa shape index (κ3) is 3.05. The monoisotopic (exact) mass is 237 g/mol. The van der Waals surface area contributed by atoms with Gasteiger partial charge in [0.1, 0.15) is 5.82 Å². The number of hydrogen-bond donors (Lipinski definition) is 0. The fourth-order valence-corrected chi connectivity index (χ4v) is 2.48. The first kappa shape index (κ1) is 12.5. The normalized spacial score (nSPS) is 26.1. The van der Waals surface area contributed by atoms with Crippen LogP contribution < -0.4 is 0 Å². The van der Waals surface area contributed by atoms with Crippen LogP contribution in [0.25, 0.3) is 0 Å². The van der Waals surface area contributed by atoms with E-state index in [1.54, 1.807) is 0 Å². The summed E-state index contributed by atoms with van der Waals surface area (Å²) >= 11 is 0. The summed E-state index contributed by atoms with van der Waals surface area (Å²) < 4.78 is 19.6. The van der Waals surface area contributed by atoms with E-state index in [1.165, 1.54) is 0 Å². The molecule has 0 spiro atoms. The van der Waals surface area contributed by atoms with E-state index in [9.17, 15) is 4.39 Å². The Kier molecular flexibility index (Phi) is 3.79. The molecule has 2 atom stereocenters. The van der Waals surface area contributed by atoms with Gasteiger partial charge in [-0.3, -0.25) is 4.90 Å². The van der Waals surface area contributed by atoms with Crippen LogP contribution in [0.3, 0.4) is 0 Å². The van der Waals surface area contributed by atoms with E-state index < -0.39 is 0 Å². The van der Waals surface area contributed by atoms with Gasteiger partial charge >= 0.3 is 0 Å². The predicted molar refractivity (Wildman–Crippen MR) is 66.4 cm³/mol. The number of ether oxygens (including phenoxy) is 1. The van der Waals surface area contributed by atoms with Crippen LogP contribution in [0.4, 0.5) is 4.39 Å². The molecule has 1 saturated heterocycles. The van der Waals surface area contributed by atoms with Gasteiger partial charge in [-0.2, -0.15) is 0 Å². The first-order valence-electron chi connectivity index (χ1n) is 6.18. The molecule has 1 aliphatic heterocycles. The van der Waals surface area contributed by atoms with Crippen molar-refractivity contribution in [2.75, 3.05) is 13.1 Å². The highest BCUT2D eigenvalue weighted by atomic mass is 19.1. The predicted octanol–water partition coefficient (Wildman–Crippen LogP) is 2.74. The molecule has 94 valence electrons. The molecule has 1 heterocycles. The second-order valence-corrected chi connectivity index (χ2v) is 5.00. The van der Waals surface area contributed by atoms with Crippen LogP contribution >= 0.6 is 0 Å². The van der Waals surface area contributed by atoms with Gasteiger partial charge in [0.15, 0.2) is 0 Å². The summed E-state index contributed by atoms with van der Waals surface area (Å²) in [6, 6.07) is 5.59. The zero-order valence-electron chi connectivity index (χ0n) is 10.7. The van der Waals surface area contributed by atoms with Gasteiger partial charge < -0.3 is 4.74 Å². The summed E-state index contributed by atoms with van der Waals surface area (Å²) in [5.74, 6) is -0.0701. The minimum Gasteiger partial charge on any atom is -0.373 e. The average Bonchev–Trinajstić information content (AvgIpc) is 2.23. The second kappa shape index (κ2) is 5.15. The van der Waals surface area contributed by atoms with E-state index in [0.29, 0.717) is 6.54 Å². The lowest BCUT2D eigenvalue weighted by Gasteiger charge is -2.35. The van der Waals surface area contributed by atoms with Crippen molar-refractivity contribution >= 4 is 0 Å². The molecule has 1 aromatic carbocycles. The molecule has 0 aromatic heterocycles. The Labute approximate surface area is 102 Å². The van der Waals surface area contributed by atoms with E-state index in [-0.39, 0.29) is 18.0 Å². The molecule has 0 amide bonds. The van der Waals surface area contributed by atoms with E-state index in [1.807, 2.05) is 25.1 Å². The van der Waals surface area contributed by atoms with Crippen LogP contribution in [0.1, 0.15) is 25.0 Å². The molecular weight excluding hydrogens is 217 g/mol. The van der Waals surface area contributed by atoms with Gasteiger partial charge in [0.2, 0.25) is 0 Å². The van der Waals surface area contributed by atoms with Gasteiger partial charge in [-0.05, 0) is 26.3 Å². The first-order valence-corrected chi connectivity index (χ1v) is 6.18. The lowest BCUT2D eigenvalue weighted by atomic mass is 10.1. The molecule has 17 heavy (non-hydrogen) atoms. The van der Waals surface area contributed by atoms with Gasteiger partial charge in [-0.25, -0.2) is 4.39 Å². The average molecular weight is 237 g/mol. The zero-order chi connectivity index (χ0) is 12.4. The maximum Gasteiger partial charge on any atom is 0.130 e. The lowest BCUT2D eigenvalue weighted by Crippen LogP contribution is -2.44. The molecular formula is C14H20FNO. The van der Waals surface area contributed by atoms with Gasteiger partial charge in [-0.1, -0.05) is 18.2 Å². The molecule has 2 rings (SSSR count). The Hall–Kier alpha value is -0.930. The van der Waals surface area contributed by atoms with Crippen LogP contribution in [0.5, 0.6) is 0 Å². The summed E-state index contributed by atoms with van der Waals surface area (Å²) in [6.07, 6.45) is 0.457. The van der Waals surface area contributed by atoms with Crippen molar-refractivity contribution in [3.8, 4) is 0 Å². The molecule has 2 unspecified atom stereocenters. The second-order valence-electron chi connectivity index (χ2n) is 5.00. The fourth-order valence-electron chi connectivity index (χ4n) is 2.48. The third-order valence-corrected chi connectivity index (χ3v) is 3.16. The highest BCUT2D eigenvalue weighted by Gasteiger charge is 2.22. The molecule has 0 bridgehead atoms. The lowest BCUT2D eigenvalue weighted by molar-refractivity contribution is -0.0707. The van der Waals surface area contributed by atoms with Crippen molar-refractivity contribution in [2.45, 2.75) is 39.5 Å². The Bertz CT molecular complexity index is 384. The molecule has 0 N–H and O–H groups in total. The van der Waals surface area contributed by atoms with Crippen LogP contribution in [-0.2, 0) is 11.3 Å². The number of aryl methyl sites for hydroxylation is 1. The fraction of sp³-hybridized carbons (Fsp3) is 0.571. The Morgan fingerprint density at radius 1 is 1.29 bits per heavy atom. The molecule has 0 saturated carbocycles. The van der Waals surface area contributed by atoms with Gasteiger partial charge in [0, 0.05) is 25.2 Å². The number of rotatable bonds is 2. The Morgan fingerprint density at radius 2 is 1.94 bits per heavy atom. The van der Waals surface area contributed by atoms with Crippen LogP contribution in [0.2, 0.25) is 0 Å². The van der Waals surface area contributed by atoms with E-state index in [0.717, 1.165) is 24.2 Å². The maximum absolute atomic E-state index is 13.9. The van der Waals surface area contributed by atoms with Crippen LogP contribution in [-0.4, -0.2) is 30.2 Å². The standard InChI is InChI=1S/C14H20FNO/c1-10-5-4-6-13(14(10)15)9-16-7-11(2)17-12(3)8-16/h4-6,11-12H,7-9H2,1-3H3. The number of nitrogens with zero attached hydrogens (tertiary/aromatic N) is 1. The topological polar surface area (TPSA) is 12.5 Å². The summed E-state index contributed by atoms with van der Waals surface area (Å²) in [5.41, 5.74) is 1.50. The molecule has 1 fully saturated rings.